The maximum Gasteiger partial charge on any atom is 0.170 e. The molecule has 5 heteroatoms. The summed E-state index contributed by atoms with van der Waals surface area (Å²) in [5.74, 6) is 0.503. The average Bonchev–Trinajstić information content (AvgIpc) is 2.09. The van der Waals surface area contributed by atoms with Crippen LogP contribution in [-0.4, -0.2) is 42.8 Å². The summed E-state index contributed by atoms with van der Waals surface area (Å²) >= 11 is 0. The van der Waals surface area contributed by atoms with E-state index >= 15 is 0 Å². The Morgan fingerprint density at radius 3 is 1.85 bits per heavy atom. The molecular weight excluding hydrogens is 191 g/mol. The second-order valence-corrected chi connectivity index (χ2v) is 4.57. The fourth-order valence-electron chi connectivity index (χ4n) is 0.726. The summed E-state index contributed by atoms with van der Waals surface area (Å²) in [5.41, 5.74) is 0. The summed E-state index contributed by atoms with van der Waals surface area (Å²) in [7, 11) is -0.932. The van der Waals surface area contributed by atoms with Crippen LogP contribution in [0.1, 0.15) is 13.8 Å². The molecule has 80 valence electrons. The minimum atomic E-state index is -0.932. The zero-order chi connectivity index (χ0) is 10.1. The van der Waals surface area contributed by atoms with Crippen molar-refractivity contribution in [2.24, 2.45) is 5.92 Å². The Balaban J connectivity index is 3.60. The first-order valence-corrected chi connectivity index (χ1v) is 5.82. The van der Waals surface area contributed by atoms with Gasteiger partial charge in [0, 0.05) is 6.16 Å². The SMILES string of the molecule is CC(C)CP(OCCO)OCCO. The summed E-state index contributed by atoms with van der Waals surface area (Å²) in [6.45, 7) is 4.81. The van der Waals surface area contributed by atoms with Crippen LogP contribution in [0.3, 0.4) is 0 Å². The normalized spacial score (nSPS) is 11.5. The molecule has 0 bridgehead atoms. The molecule has 0 saturated heterocycles. The summed E-state index contributed by atoms with van der Waals surface area (Å²) in [5, 5.41) is 17.1. The van der Waals surface area contributed by atoms with Crippen molar-refractivity contribution in [2.45, 2.75) is 13.8 Å². The van der Waals surface area contributed by atoms with Crippen LogP contribution < -0.4 is 0 Å². The molecule has 0 spiro atoms. The highest BCUT2D eigenvalue weighted by molar-refractivity contribution is 7.47. The fourth-order valence-corrected chi connectivity index (χ4v) is 2.18. The van der Waals surface area contributed by atoms with E-state index in [1.807, 2.05) is 0 Å². The van der Waals surface area contributed by atoms with Crippen LogP contribution in [0.5, 0.6) is 0 Å². The lowest BCUT2D eigenvalue weighted by Crippen LogP contribution is -2.05. The Morgan fingerprint density at radius 1 is 1.08 bits per heavy atom. The molecule has 13 heavy (non-hydrogen) atoms. The van der Waals surface area contributed by atoms with E-state index in [9.17, 15) is 0 Å². The second-order valence-electron chi connectivity index (χ2n) is 3.02. The third kappa shape index (κ3) is 8.60. The van der Waals surface area contributed by atoms with Crippen molar-refractivity contribution in [3.05, 3.63) is 0 Å². The molecule has 0 aliphatic rings. The van der Waals surface area contributed by atoms with Gasteiger partial charge in [0.25, 0.3) is 0 Å². The Bertz CT molecular complexity index is 102. The van der Waals surface area contributed by atoms with Gasteiger partial charge in [-0.3, -0.25) is 0 Å². The molecule has 2 N–H and O–H groups in total. The highest BCUT2D eigenvalue weighted by Crippen LogP contribution is 2.39. The topological polar surface area (TPSA) is 58.9 Å². The predicted octanol–water partition coefficient (Wildman–Crippen LogP) is 0.972. The van der Waals surface area contributed by atoms with E-state index in [0.29, 0.717) is 19.1 Å². The molecule has 0 saturated carbocycles. The first-order valence-electron chi connectivity index (χ1n) is 4.45. The minimum absolute atomic E-state index is 0.0133. The standard InChI is InChI=1S/C8H19O4P/c1-8(2)7-13(11-5-3-9)12-6-4-10/h8-10H,3-7H2,1-2H3. The molecule has 0 rings (SSSR count). The van der Waals surface area contributed by atoms with Gasteiger partial charge in [-0.15, -0.1) is 0 Å². The highest BCUT2D eigenvalue weighted by Gasteiger charge is 2.11. The number of rotatable bonds is 8. The molecule has 0 radical (unpaired) electrons. The third-order valence-electron chi connectivity index (χ3n) is 1.17. The minimum Gasteiger partial charge on any atom is -0.394 e. The fraction of sp³-hybridized carbons (Fsp3) is 1.00. The van der Waals surface area contributed by atoms with Gasteiger partial charge < -0.3 is 19.3 Å². The van der Waals surface area contributed by atoms with Crippen molar-refractivity contribution < 1.29 is 19.3 Å². The lowest BCUT2D eigenvalue weighted by Gasteiger charge is -2.18. The smallest absolute Gasteiger partial charge is 0.170 e. The van der Waals surface area contributed by atoms with Crippen molar-refractivity contribution in [3.63, 3.8) is 0 Å². The van der Waals surface area contributed by atoms with Gasteiger partial charge in [-0.25, -0.2) is 0 Å². The summed E-state index contributed by atoms with van der Waals surface area (Å²) in [6, 6.07) is 0. The Kier molecular flexibility index (Phi) is 9.03. The van der Waals surface area contributed by atoms with E-state index < -0.39 is 8.38 Å². The zero-order valence-electron chi connectivity index (χ0n) is 8.27. The van der Waals surface area contributed by atoms with Crippen LogP contribution in [0.15, 0.2) is 0 Å². The van der Waals surface area contributed by atoms with Crippen molar-refractivity contribution in [2.75, 3.05) is 32.6 Å². The third-order valence-corrected chi connectivity index (χ3v) is 3.14. The first kappa shape index (κ1) is 13.3. The monoisotopic (exact) mass is 210 g/mol. The van der Waals surface area contributed by atoms with Gasteiger partial charge in [-0.1, -0.05) is 13.8 Å². The van der Waals surface area contributed by atoms with Crippen molar-refractivity contribution >= 4 is 8.38 Å². The molecule has 0 aromatic heterocycles. The van der Waals surface area contributed by atoms with E-state index in [-0.39, 0.29) is 13.2 Å². The van der Waals surface area contributed by atoms with E-state index in [4.69, 9.17) is 19.3 Å². The molecule has 0 aromatic carbocycles. The Hall–Kier alpha value is 0.270. The van der Waals surface area contributed by atoms with Gasteiger partial charge in [0.1, 0.15) is 0 Å². The molecule has 0 aromatic rings. The molecular formula is C8H19O4P. The molecule has 0 fully saturated rings. The lowest BCUT2D eigenvalue weighted by molar-refractivity contribution is 0.163. The van der Waals surface area contributed by atoms with Crippen molar-refractivity contribution in [1.29, 1.82) is 0 Å². The van der Waals surface area contributed by atoms with Gasteiger partial charge in [-0.2, -0.15) is 0 Å². The van der Waals surface area contributed by atoms with Crippen LogP contribution in [0, 0.1) is 5.92 Å². The van der Waals surface area contributed by atoms with Crippen molar-refractivity contribution in [1.82, 2.24) is 0 Å². The Labute approximate surface area is 80.8 Å². The summed E-state index contributed by atoms with van der Waals surface area (Å²) in [4.78, 5) is 0. The number of hydrogen-bond donors (Lipinski definition) is 2. The van der Waals surface area contributed by atoms with E-state index in [1.165, 1.54) is 0 Å². The average molecular weight is 210 g/mol. The lowest BCUT2D eigenvalue weighted by atomic mass is 10.3. The maximum absolute atomic E-state index is 8.56. The second kappa shape index (κ2) is 8.85. The molecule has 0 amide bonds. The quantitative estimate of drug-likeness (QED) is 0.586. The highest BCUT2D eigenvalue weighted by atomic mass is 31.2. The van der Waals surface area contributed by atoms with Crippen molar-refractivity contribution in [3.8, 4) is 0 Å². The largest absolute Gasteiger partial charge is 0.394 e. The van der Waals surface area contributed by atoms with Crippen LogP contribution in [0.25, 0.3) is 0 Å². The number of aliphatic hydroxyl groups is 2. The van der Waals surface area contributed by atoms with Gasteiger partial charge in [0.2, 0.25) is 0 Å². The molecule has 0 atom stereocenters. The molecule has 0 aliphatic carbocycles. The van der Waals surface area contributed by atoms with Gasteiger partial charge >= 0.3 is 0 Å². The van der Waals surface area contributed by atoms with Crippen LogP contribution in [0.4, 0.5) is 0 Å². The summed E-state index contributed by atoms with van der Waals surface area (Å²) < 4.78 is 10.6. The van der Waals surface area contributed by atoms with Crippen LogP contribution in [-0.2, 0) is 9.05 Å². The number of hydrogen-bond acceptors (Lipinski definition) is 4. The van der Waals surface area contributed by atoms with Gasteiger partial charge in [-0.05, 0) is 5.92 Å². The summed E-state index contributed by atoms with van der Waals surface area (Å²) in [6.07, 6.45) is 0.843. The van der Waals surface area contributed by atoms with E-state index in [2.05, 4.69) is 13.8 Å². The zero-order valence-corrected chi connectivity index (χ0v) is 9.17. The van der Waals surface area contributed by atoms with Crippen LogP contribution in [0.2, 0.25) is 0 Å². The molecule has 0 aliphatic heterocycles. The Morgan fingerprint density at radius 2 is 1.54 bits per heavy atom. The number of aliphatic hydroxyl groups excluding tert-OH is 2. The van der Waals surface area contributed by atoms with Gasteiger partial charge in [0.15, 0.2) is 8.38 Å². The van der Waals surface area contributed by atoms with E-state index in [1.54, 1.807) is 0 Å². The first-order chi connectivity index (χ1) is 6.20. The van der Waals surface area contributed by atoms with Crippen LogP contribution >= 0.6 is 8.38 Å². The van der Waals surface area contributed by atoms with E-state index in [0.717, 1.165) is 6.16 Å². The van der Waals surface area contributed by atoms with Gasteiger partial charge in [0.05, 0.1) is 26.4 Å². The molecule has 0 heterocycles. The molecule has 0 unspecified atom stereocenters. The molecule has 4 nitrogen and oxygen atoms in total. The maximum atomic E-state index is 8.56. The predicted molar refractivity (Wildman–Crippen MR) is 52.7 cm³/mol.